The monoisotopic (exact) mass is 514 g/mol. The molecule has 0 bridgehead atoms. The van der Waals surface area contributed by atoms with Gasteiger partial charge in [-0.1, -0.05) is 24.1 Å². The fourth-order valence-electron chi connectivity index (χ4n) is 5.21. The van der Waals surface area contributed by atoms with Crippen LogP contribution in [0.1, 0.15) is 54.8 Å². The van der Waals surface area contributed by atoms with Gasteiger partial charge in [0.2, 0.25) is 5.88 Å². The zero-order valence-electron chi connectivity index (χ0n) is 21.6. The van der Waals surface area contributed by atoms with Gasteiger partial charge in [-0.3, -0.25) is 4.79 Å². The van der Waals surface area contributed by atoms with Gasteiger partial charge in [-0.15, -0.1) is 5.92 Å². The average molecular weight is 515 g/mol. The van der Waals surface area contributed by atoms with E-state index in [-0.39, 0.29) is 36.3 Å². The van der Waals surface area contributed by atoms with Crippen molar-refractivity contribution < 1.29 is 23.4 Å². The second-order valence-electron chi connectivity index (χ2n) is 9.56. The van der Waals surface area contributed by atoms with E-state index in [0.29, 0.717) is 24.7 Å². The number of methoxy groups -OCH3 is 1. The van der Waals surface area contributed by atoms with Crippen molar-refractivity contribution in [2.45, 2.75) is 50.7 Å². The Morgan fingerprint density at radius 3 is 2.71 bits per heavy atom. The number of fused-ring (bicyclic) bond motifs is 1. The molecule has 1 aromatic heterocycles. The van der Waals surface area contributed by atoms with Crippen LogP contribution in [0.5, 0.6) is 5.88 Å². The van der Waals surface area contributed by atoms with Crippen LogP contribution in [0.15, 0.2) is 54.7 Å². The Kier molecular flexibility index (Phi) is 7.90. The number of hydrogen-bond acceptors (Lipinski definition) is 6. The minimum atomic E-state index is -0.297. The minimum absolute atomic E-state index is 0.0441. The lowest BCUT2D eigenvalue weighted by molar-refractivity contribution is -0.140. The van der Waals surface area contributed by atoms with E-state index in [1.54, 1.807) is 19.2 Å². The minimum Gasteiger partial charge on any atom is -0.472 e. The molecule has 0 radical (unpaired) electrons. The number of pyridine rings is 1. The van der Waals surface area contributed by atoms with Gasteiger partial charge in [-0.05, 0) is 60.7 Å². The van der Waals surface area contributed by atoms with E-state index in [9.17, 15) is 4.79 Å². The second-order valence-corrected chi connectivity index (χ2v) is 9.56. The molecule has 196 valence electrons. The predicted octanol–water partition coefficient (Wildman–Crippen LogP) is 5.82. The van der Waals surface area contributed by atoms with Gasteiger partial charge in [-0.25, -0.2) is 9.37 Å². The molecule has 2 aromatic carbocycles. The molecule has 38 heavy (non-hydrogen) atoms. The Hall–Kier alpha value is -3.89. The average Bonchev–Trinajstić information content (AvgIpc) is 3.60. The molecule has 1 aliphatic heterocycles. The van der Waals surface area contributed by atoms with Crippen molar-refractivity contribution in [2.24, 2.45) is 0 Å². The molecule has 0 spiro atoms. The summed E-state index contributed by atoms with van der Waals surface area (Å²) < 4.78 is 31.2. The van der Waals surface area contributed by atoms with Crippen LogP contribution in [0.2, 0.25) is 0 Å². The molecule has 0 amide bonds. The van der Waals surface area contributed by atoms with Crippen molar-refractivity contribution >= 4 is 11.7 Å². The number of benzene rings is 2. The van der Waals surface area contributed by atoms with E-state index in [0.717, 1.165) is 47.2 Å². The lowest BCUT2D eigenvalue weighted by Crippen LogP contribution is -2.16. The Morgan fingerprint density at radius 1 is 1.18 bits per heavy atom. The smallest absolute Gasteiger partial charge is 0.307 e. The van der Waals surface area contributed by atoms with Crippen LogP contribution >= 0.6 is 0 Å². The molecule has 7 heteroatoms. The van der Waals surface area contributed by atoms with Crippen molar-refractivity contribution in [3.8, 4) is 28.8 Å². The summed E-state index contributed by atoms with van der Waals surface area (Å²) in [5.74, 6) is 5.81. The van der Waals surface area contributed by atoms with E-state index in [1.165, 1.54) is 7.11 Å². The highest BCUT2D eigenvalue weighted by atomic mass is 19.1. The maximum Gasteiger partial charge on any atom is 0.307 e. The maximum atomic E-state index is 15.1. The van der Waals surface area contributed by atoms with E-state index >= 15 is 4.39 Å². The fourth-order valence-corrected chi connectivity index (χ4v) is 5.21. The van der Waals surface area contributed by atoms with Gasteiger partial charge >= 0.3 is 5.97 Å². The first-order chi connectivity index (χ1) is 18.6. The van der Waals surface area contributed by atoms with Gasteiger partial charge in [0.15, 0.2) is 0 Å². The quantitative estimate of drug-likeness (QED) is 0.302. The SMILES string of the molecule is CC#C[C@@H](CC(=O)OC)c1ccc(N[C@@H]2CCc3c(-c4ccc(O[C@@H]5CCOC5)nc4)ccc(F)c32)cc1. The number of hydrogen-bond donors (Lipinski definition) is 1. The van der Waals surface area contributed by atoms with Gasteiger partial charge < -0.3 is 19.5 Å². The van der Waals surface area contributed by atoms with Gasteiger partial charge in [-0.2, -0.15) is 0 Å². The summed E-state index contributed by atoms with van der Waals surface area (Å²) in [5, 5.41) is 3.50. The summed E-state index contributed by atoms with van der Waals surface area (Å²) in [6.07, 6.45) is 4.46. The Labute approximate surface area is 222 Å². The number of carbonyl (C=O) groups is 1. The summed E-state index contributed by atoms with van der Waals surface area (Å²) in [6, 6.07) is 14.9. The third-order valence-electron chi connectivity index (χ3n) is 7.13. The molecular weight excluding hydrogens is 483 g/mol. The van der Waals surface area contributed by atoms with Gasteiger partial charge in [0.1, 0.15) is 11.9 Å². The molecule has 0 saturated carbocycles. The largest absolute Gasteiger partial charge is 0.472 e. The van der Waals surface area contributed by atoms with Crippen LogP contribution in [-0.2, 0) is 20.7 Å². The van der Waals surface area contributed by atoms with Gasteiger partial charge in [0, 0.05) is 35.5 Å². The van der Waals surface area contributed by atoms with Crippen molar-refractivity contribution in [2.75, 3.05) is 25.6 Å². The van der Waals surface area contributed by atoms with Crippen LogP contribution in [0.25, 0.3) is 11.1 Å². The number of esters is 1. The van der Waals surface area contributed by atoms with Crippen molar-refractivity contribution in [3.05, 3.63) is 77.2 Å². The Bertz CT molecular complexity index is 1340. The highest BCUT2D eigenvalue weighted by Gasteiger charge is 2.29. The number of halogens is 1. The molecule has 6 nitrogen and oxygen atoms in total. The number of rotatable bonds is 8. The Morgan fingerprint density at radius 2 is 2.03 bits per heavy atom. The topological polar surface area (TPSA) is 69.7 Å². The standard InChI is InChI=1S/C31H31FN2O4/c1-3-4-21(17-30(35)36-2)20-5-8-23(9-6-20)34-28-13-11-26-25(10-12-27(32)31(26)28)22-7-14-29(33-18-22)38-24-15-16-37-19-24/h5-10,12,14,18,21,24,28,34H,11,13,15-17,19H2,1-2H3/t21-,24+,28+/m0/s1. The van der Waals surface area contributed by atoms with E-state index in [2.05, 4.69) is 22.1 Å². The first-order valence-corrected chi connectivity index (χ1v) is 12.9. The number of ether oxygens (including phenoxy) is 3. The summed E-state index contributed by atoms with van der Waals surface area (Å²) in [6.45, 7) is 3.06. The summed E-state index contributed by atoms with van der Waals surface area (Å²) in [5.41, 5.74) is 5.47. The number of nitrogens with zero attached hydrogens (tertiary/aromatic N) is 1. The van der Waals surface area contributed by atoms with Gasteiger partial charge in [0.25, 0.3) is 0 Å². The van der Waals surface area contributed by atoms with Crippen LogP contribution in [-0.4, -0.2) is 37.4 Å². The summed E-state index contributed by atoms with van der Waals surface area (Å²) in [7, 11) is 1.38. The molecule has 1 saturated heterocycles. The predicted molar refractivity (Wildman–Crippen MR) is 143 cm³/mol. The van der Waals surface area contributed by atoms with Crippen molar-refractivity contribution in [3.63, 3.8) is 0 Å². The first-order valence-electron chi connectivity index (χ1n) is 12.9. The molecular formula is C31H31FN2O4. The summed E-state index contributed by atoms with van der Waals surface area (Å²) in [4.78, 5) is 16.3. The fraction of sp³-hybridized carbons (Fsp3) is 0.355. The third-order valence-corrected chi connectivity index (χ3v) is 7.13. The van der Waals surface area contributed by atoms with E-state index in [1.807, 2.05) is 42.5 Å². The number of aromatic nitrogens is 1. The zero-order valence-corrected chi connectivity index (χ0v) is 21.6. The summed E-state index contributed by atoms with van der Waals surface area (Å²) >= 11 is 0. The highest BCUT2D eigenvalue weighted by Crippen LogP contribution is 2.41. The molecule has 3 atom stereocenters. The molecule has 2 heterocycles. The molecule has 1 N–H and O–H groups in total. The first kappa shape index (κ1) is 25.7. The second kappa shape index (κ2) is 11.7. The van der Waals surface area contributed by atoms with Gasteiger partial charge in [0.05, 0.1) is 38.7 Å². The lowest BCUT2D eigenvalue weighted by Gasteiger charge is -2.18. The third kappa shape index (κ3) is 5.66. The van der Waals surface area contributed by atoms with Crippen molar-refractivity contribution in [1.29, 1.82) is 0 Å². The van der Waals surface area contributed by atoms with Crippen LogP contribution < -0.4 is 10.1 Å². The molecule has 5 rings (SSSR count). The normalized spacial score (nSPS) is 18.7. The molecule has 0 unspecified atom stereocenters. The molecule has 1 fully saturated rings. The highest BCUT2D eigenvalue weighted by molar-refractivity contribution is 5.72. The molecule has 2 aliphatic rings. The van der Waals surface area contributed by atoms with Crippen LogP contribution in [0.3, 0.4) is 0 Å². The Balaban J connectivity index is 1.32. The number of nitrogens with one attached hydrogen (secondary N) is 1. The molecule has 3 aromatic rings. The van der Waals surface area contributed by atoms with Crippen LogP contribution in [0.4, 0.5) is 10.1 Å². The van der Waals surface area contributed by atoms with E-state index < -0.39 is 0 Å². The van der Waals surface area contributed by atoms with Crippen LogP contribution in [0, 0.1) is 17.7 Å². The number of carbonyl (C=O) groups excluding carboxylic acids is 1. The lowest BCUT2D eigenvalue weighted by atomic mass is 9.95. The molecule has 1 aliphatic carbocycles. The van der Waals surface area contributed by atoms with Crippen molar-refractivity contribution in [1.82, 2.24) is 4.98 Å². The zero-order chi connectivity index (χ0) is 26.5. The maximum absolute atomic E-state index is 15.1. The van der Waals surface area contributed by atoms with E-state index in [4.69, 9.17) is 14.2 Å². The number of anilines is 1.